The molecule has 1 heterocycles. The van der Waals surface area contributed by atoms with E-state index in [0.29, 0.717) is 4.85 Å². The maximum absolute atomic E-state index is 12.5. The minimum atomic E-state index is -2.71. The van der Waals surface area contributed by atoms with Gasteiger partial charge in [0.15, 0.2) is 0 Å². The van der Waals surface area contributed by atoms with Crippen molar-refractivity contribution >= 4 is 17.4 Å². The van der Waals surface area contributed by atoms with Crippen LogP contribution in [0.3, 0.4) is 0 Å². The summed E-state index contributed by atoms with van der Waals surface area (Å²) in [6, 6.07) is 5.22. The lowest BCUT2D eigenvalue weighted by Gasteiger charge is -2.09. The summed E-state index contributed by atoms with van der Waals surface area (Å²) in [5.41, 5.74) is -0.288. The molecule has 2 aromatic rings. The molecule has 0 amide bonds. The Morgan fingerprint density at radius 2 is 2.24 bits per heavy atom. The minimum Gasteiger partial charge on any atom is -0.471 e. The molecule has 7 nitrogen and oxygen atoms in total. The van der Waals surface area contributed by atoms with E-state index in [2.05, 4.69) is 5.10 Å². The van der Waals surface area contributed by atoms with Gasteiger partial charge in [-0.05, 0) is 6.07 Å². The summed E-state index contributed by atoms with van der Waals surface area (Å²) in [5, 5.41) is 23.5. The van der Waals surface area contributed by atoms with Gasteiger partial charge in [-0.15, -0.1) is 4.85 Å². The van der Waals surface area contributed by atoms with Crippen molar-refractivity contribution in [3.8, 4) is 5.88 Å². The van der Waals surface area contributed by atoms with Crippen molar-refractivity contribution in [3.05, 3.63) is 46.1 Å². The fourth-order valence-corrected chi connectivity index (χ4v) is 2.25. The smallest absolute Gasteiger partial charge is 0.288 e. The topological polar surface area (TPSA) is 90.4 Å². The lowest BCUT2D eigenvalue weighted by atomic mass is 10.2. The Bertz CT molecular complexity index is 650. The van der Waals surface area contributed by atoms with Crippen LogP contribution in [0.4, 0.5) is 14.5 Å². The van der Waals surface area contributed by atoms with Crippen LogP contribution in [0.2, 0.25) is 0 Å². The first-order chi connectivity index (χ1) is 9.97. The van der Waals surface area contributed by atoms with Crippen LogP contribution in [0.5, 0.6) is 5.88 Å². The van der Waals surface area contributed by atoms with Crippen LogP contribution in [0.1, 0.15) is 5.56 Å². The van der Waals surface area contributed by atoms with Crippen LogP contribution in [-0.4, -0.2) is 25.8 Å². The van der Waals surface area contributed by atoms with Crippen LogP contribution in [-0.2, 0) is 6.61 Å². The maximum Gasteiger partial charge on any atom is 0.288 e. The number of thioether (sulfide) groups is 1. The van der Waals surface area contributed by atoms with E-state index in [1.54, 1.807) is 0 Å². The summed E-state index contributed by atoms with van der Waals surface area (Å²) < 4.78 is 30.2. The molecule has 112 valence electrons. The Labute approximate surface area is 121 Å². The van der Waals surface area contributed by atoms with Gasteiger partial charge in [0.1, 0.15) is 6.61 Å². The maximum atomic E-state index is 12.5. The molecule has 0 aliphatic rings. The van der Waals surface area contributed by atoms with Crippen LogP contribution in [0.25, 0.3) is 0 Å². The molecule has 10 heteroatoms. The molecule has 0 saturated carbocycles. The van der Waals surface area contributed by atoms with Crippen molar-refractivity contribution in [1.29, 1.82) is 0 Å². The zero-order valence-electron chi connectivity index (χ0n) is 10.3. The second-order valence-corrected chi connectivity index (χ2v) is 4.78. The van der Waals surface area contributed by atoms with Gasteiger partial charge in [-0.1, -0.05) is 22.9 Å². The lowest BCUT2D eigenvalue weighted by molar-refractivity contribution is -0.386. The fraction of sp³-hybridized carbons (Fsp3) is 0.182. The summed E-state index contributed by atoms with van der Waals surface area (Å²) in [4.78, 5) is 10.9. The fourth-order valence-electron chi connectivity index (χ4n) is 1.60. The third-order valence-electron chi connectivity index (χ3n) is 2.44. The average Bonchev–Trinajstić information content (AvgIpc) is 2.82. The van der Waals surface area contributed by atoms with E-state index in [1.165, 1.54) is 30.5 Å². The summed E-state index contributed by atoms with van der Waals surface area (Å²) in [5.74, 6) is -2.69. The van der Waals surface area contributed by atoms with Crippen LogP contribution in [0, 0.1) is 10.1 Å². The van der Waals surface area contributed by atoms with E-state index in [0.717, 1.165) is 0 Å². The van der Waals surface area contributed by atoms with Crippen LogP contribution in [0.15, 0.2) is 35.4 Å². The van der Waals surface area contributed by atoms with Gasteiger partial charge in [-0.25, -0.2) is 0 Å². The number of halogens is 2. The largest absolute Gasteiger partial charge is 0.471 e. The molecule has 0 radical (unpaired) electrons. The molecule has 21 heavy (non-hydrogen) atoms. The van der Waals surface area contributed by atoms with Gasteiger partial charge < -0.3 is 9.94 Å². The Morgan fingerprint density at radius 1 is 1.48 bits per heavy atom. The Hall–Kier alpha value is -2.36. The minimum absolute atomic E-state index is 0.0173. The van der Waals surface area contributed by atoms with Crippen molar-refractivity contribution in [2.45, 2.75) is 17.3 Å². The number of benzene rings is 1. The number of ether oxygens (including phenoxy) is 1. The highest BCUT2D eigenvalue weighted by Crippen LogP contribution is 2.34. The van der Waals surface area contributed by atoms with E-state index in [4.69, 9.17) is 9.94 Å². The summed E-state index contributed by atoms with van der Waals surface area (Å²) in [7, 11) is 0. The molecule has 0 saturated heterocycles. The number of rotatable bonds is 6. The van der Waals surface area contributed by atoms with Crippen molar-refractivity contribution in [2.24, 2.45) is 0 Å². The first-order valence-corrected chi connectivity index (χ1v) is 6.44. The molecule has 0 spiro atoms. The molecule has 0 aliphatic heterocycles. The van der Waals surface area contributed by atoms with Gasteiger partial charge in [0.05, 0.1) is 16.7 Å². The molecule has 0 bridgehead atoms. The van der Waals surface area contributed by atoms with Gasteiger partial charge in [0.25, 0.3) is 11.4 Å². The SMILES string of the molecule is O=[N+]([O-])c1cccc(SC(F)F)c1COc1ccn(O)n1. The third-order valence-corrected chi connectivity index (χ3v) is 3.25. The molecular weight excluding hydrogens is 308 g/mol. The predicted molar refractivity (Wildman–Crippen MR) is 68.7 cm³/mol. The van der Waals surface area contributed by atoms with Gasteiger partial charge in [0, 0.05) is 17.0 Å². The number of hydrogen-bond donors (Lipinski definition) is 1. The lowest BCUT2D eigenvalue weighted by Crippen LogP contribution is -2.04. The highest BCUT2D eigenvalue weighted by molar-refractivity contribution is 7.99. The Morgan fingerprint density at radius 3 is 2.81 bits per heavy atom. The van der Waals surface area contributed by atoms with E-state index >= 15 is 0 Å². The Kier molecular flexibility index (Phi) is 4.58. The van der Waals surface area contributed by atoms with Gasteiger partial charge in [-0.3, -0.25) is 10.1 Å². The van der Waals surface area contributed by atoms with Gasteiger partial charge in [0.2, 0.25) is 5.88 Å². The van der Waals surface area contributed by atoms with Crippen molar-refractivity contribution < 1.29 is 23.6 Å². The molecule has 1 aromatic carbocycles. The average molecular weight is 317 g/mol. The number of nitro groups is 1. The number of nitrogens with zero attached hydrogens (tertiary/aromatic N) is 3. The van der Waals surface area contributed by atoms with E-state index < -0.39 is 10.7 Å². The number of nitro benzene ring substituents is 1. The zero-order chi connectivity index (χ0) is 15.4. The Balaban J connectivity index is 2.27. The monoisotopic (exact) mass is 317 g/mol. The summed E-state index contributed by atoms with van der Waals surface area (Å²) >= 11 is 0.204. The third kappa shape index (κ3) is 3.81. The van der Waals surface area contributed by atoms with Crippen molar-refractivity contribution in [3.63, 3.8) is 0 Å². The highest BCUT2D eigenvalue weighted by atomic mass is 32.2. The van der Waals surface area contributed by atoms with E-state index in [-0.39, 0.29) is 40.4 Å². The van der Waals surface area contributed by atoms with E-state index in [9.17, 15) is 18.9 Å². The van der Waals surface area contributed by atoms with Gasteiger partial charge in [-0.2, -0.15) is 8.78 Å². The van der Waals surface area contributed by atoms with Crippen molar-refractivity contribution in [1.82, 2.24) is 9.94 Å². The predicted octanol–water partition coefficient (Wildman–Crippen LogP) is 2.92. The van der Waals surface area contributed by atoms with Crippen molar-refractivity contribution in [2.75, 3.05) is 0 Å². The molecule has 0 atom stereocenters. The number of alkyl halides is 2. The number of hydrogen-bond acceptors (Lipinski definition) is 6. The second-order valence-electron chi connectivity index (χ2n) is 3.75. The zero-order valence-corrected chi connectivity index (χ0v) is 11.2. The summed E-state index contributed by atoms with van der Waals surface area (Å²) in [6.07, 6.45) is 1.20. The van der Waals surface area contributed by atoms with E-state index in [1.807, 2.05) is 0 Å². The number of aromatic nitrogens is 2. The quantitative estimate of drug-likeness (QED) is 0.381. The highest BCUT2D eigenvalue weighted by Gasteiger charge is 2.21. The van der Waals surface area contributed by atoms with Crippen LogP contribution < -0.4 is 4.74 Å². The molecule has 1 N–H and O–H groups in total. The second kappa shape index (κ2) is 6.39. The first kappa shape index (κ1) is 15.0. The first-order valence-electron chi connectivity index (χ1n) is 5.56. The molecule has 2 rings (SSSR count). The molecule has 0 unspecified atom stereocenters. The normalized spacial score (nSPS) is 10.8. The molecule has 0 aliphatic carbocycles. The summed E-state index contributed by atoms with van der Waals surface area (Å²) in [6.45, 7) is -0.316. The standard InChI is InChI=1S/C11H9F2N3O4S/c12-11(13)21-9-3-1-2-8(16(18)19)7(9)6-20-10-4-5-15(17)14-10/h1-5,11,17H,6H2. The molecule has 0 fully saturated rings. The van der Waals surface area contributed by atoms with Crippen LogP contribution >= 0.6 is 11.8 Å². The molecule has 1 aromatic heterocycles. The van der Waals surface area contributed by atoms with Gasteiger partial charge >= 0.3 is 0 Å². The molecular formula is C11H9F2N3O4S.